The van der Waals surface area contributed by atoms with Crippen molar-refractivity contribution in [2.75, 3.05) is 0 Å². The maximum Gasteiger partial charge on any atom is 0.268 e. The van der Waals surface area contributed by atoms with Crippen molar-refractivity contribution in [3.63, 3.8) is 0 Å². The summed E-state index contributed by atoms with van der Waals surface area (Å²) >= 11 is 0. The van der Waals surface area contributed by atoms with E-state index in [2.05, 4.69) is 0 Å². The first kappa shape index (κ1) is 12.7. The van der Waals surface area contributed by atoms with Gasteiger partial charge in [0.25, 0.3) is 5.91 Å². The standard InChI is InChI=1S/C13H12N2O4/c14-13(17)10-6-11(16)12(7-15(10)18)19-8-9-4-2-1-3-5-9/h1-7,18H,8H2,(H2,14,17). The molecule has 19 heavy (non-hydrogen) atoms. The highest BCUT2D eigenvalue weighted by atomic mass is 16.5. The van der Waals surface area contributed by atoms with Gasteiger partial charge in [0, 0.05) is 6.07 Å². The molecule has 0 saturated carbocycles. The maximum absolute atomic E-state index is 11.7. The molecule has 0 bridgehead atoms. The summed E-state index contributed by atoms with van der Waals surface area (Å²) in [5, 5.41) is 9.48. The molecule has 6 heteroatoms. The van der Waals surface area contributed by atoms with Crippen molar-refractivity contribution >= 4 is 5.91 Å². The lowest BCUT2D eigenvalue weighted by molar-refractivity contribution is 0.0943. The Morgan fingerprint density at radius 3 is 2.63 bits per heavy atom. The van der Waals surface area contributed by atoms with E-state index in [-0.39, 0.29) is 18.1 Å². The number of benzene rings is 1. The molecule has 2 aromatic rings. The summed E-state index contributed by atoms with van der Waals surface area (Å²) in [6, 6.07) is 10.2. The summed E-state index contributed by atoms with van der Waals surface area (Å²) < 4.78 is 5.77. The fraction of sp³-hybridized carbons (Fsp3) is 0.0769. The predicted octanol–water partition coefficient (Wildman–Crippen LogP) is 0.763. The van der Waals surface area contributed by atoms with Crippen LogP contribution in [0.4, 0.5) is 0 Å². The Hall–Kier alpha value is -2.76. The first-order valence-corrected chi connectivity index (χ1v) is 5.50. The number of carbonyl (C=O) groups excluding carboxylic acids is 1. The molecule has 1 heterocycles. The van der Waals surface area contributed by atoms with Gasteiger partial charge in [0.15, 0.2) is 5.75 Å². The molecule has 2 rings (SSSR count). The Morgan fingerprint density at radius 1 is 1.32 bits per heavy atom. The molecule has 1 aromatic heterocycles. The van der Waals surface area contributed by atoms with Gasteiger partial charge < -0.3 is 15.7 Å². The molecule has 0 saturated heterocycles. The zero-order valence-electron chi connectivity index (χ0n) is 9.95. The summed E-state index contributed by atoms with van der Waals surface area (Å²) in [6.45, 7) is 0.187. The summed E-state index contributed by atoms with van der Waals surface area (Å²) in [5.74, 6) is -0.953. The van der Waals surface area contributed by atoms with Gasteiger partial charge in [-0.3, -0.25) is 9.59 Å². The van der Waals surface area contributed by atoms with Crippen LogP contribution in [0.25, 0.3) is 0 Å². The molecule has 0 aliphatic heterocycles. The van der Waals surface area contributed by atoms with Gasteiger partial charge in [-0.15, -0.1) is 0 Å². The average Bonchev–Trinajstić information content (AvgIpc) is 2.40. The zero-order valence-corrected chi connectivity index (χ0v) is 9.95. The van der Waals surface area contributed by atoms with Crippen molar-refractivity contribution in [3.8, 4) is 5.75 Å². The van der Waals surface area contributed by atoms with Crippen LogP contribution < -0.4 is 15.9 Å². The molecule has 98 valence electrons. The third-order valence-corrected chi connectivity index (χ3v) is 2.49. The van der Waals surface area contributed by atoms with Gasteiger partial charge in [-0.25, -0.2) is 0 Å². The number of pyridine rings is 1. The summed E-state index contributed by atoms with van der Waals surface area (Å²) in [4.78, 5) is 22.6. The van der Waals surface area contributed by atoms with Crippen LogP contribution >= 0.6 is 0 Å². The van der Waals surface area contributed by atoms with Crippen LogP contribution in [0.3, 0.4) is 0 Å². The fourth-order valence-electron chi connectivity index (χ4n) is 1.53. The SMILES string of the molecule is NC(=O)c1cc(=O)c(OCc2ccccc2)cn1O. The van der Waals surface area contributed by atoms with Gasteiger partial charge in [-0.05, 0) is 5.56 Å². The Kier molecular flexibility index (Phi) is 3.51. The maximum atomic E-state index is 11.7. The number of rotatable bonds is 4. The second-order valence-electron chi connectivity index (χ2n) is 3.87. The number of amides is 1. The zero-order chi connectivity index (χ0) is 13.8. The summed E-state index contributed by atoms with van der Waals surface area (Å²) in [5.41, 5.74) is 5.07. The minimum atomic E-state index is -0.894. The van der Waals surface area contributed by atoms with Crippen LogP contribution in [-0.4, -0.2) is 15.8 Å². The van der Waals surface area contributed by atoms with Gasteiger partial charge in [-0.1, -0.05) is 30.3 Å². The number of aromatic nitrogens is 1. The molecular weight excluding hydrogens is 248 g/mol. The molecule has 0 fully saturated rings. The van der Waals surface area contributed by atoms with E-state index in [4.69, 9.17) is 10.5 Å². The van der Waals surface area contributed by atoms with E-state index < -0.39 is 11.3 Å². The lowest BCUT2D eigenvalue weighted by Crippen LogP contribution is -2.22. The smallest absolute Gasteiger partial charge is 0.268 e. The molecular formula is C13H12N2O4. The van der Waals surface area contributed by atoms with Crippen molar-refractivity contribution in [2.24, 2.45) is 5.73 Å². The number of hydrogen-bond donors (Lipinski definition) is 2. The predicted molar refractivity (Wildman–Crippen MR) is 67.2 cm³/mol. The van der Waals surface area contributed by atoms with Crippen molar-refractivity contribution in [2.45, 2.75) is 6.61 Å². The molecule has 0 spiro atoms. The van der Waals surface area contributed by atoms with Crippen LogP contribution in [0.15, 0.2) is 47.4 Å². The first-order valence-electron chi connectivity index (χ1n) is 5.50. The van der Waals surface area contributed by atoms with E-state index in [1.165, 1.54) is 0 Å². The minimum Gasteiger partial charge on any atom is -0.483 e. The third kappa shape index (κ3) is 2.92. The number of hydrogen-bond acceptors (Lipinski definition) is 4. The lowest BCUT2D eigenvalue weighted by atomic mass is 10.2. The second kappa shape index (κ2) is 5.26. The largest absolute Gasteiger partial charge is 0.483 e. The van der Waals surface area contributed by atoms with Crippen LogP contribution in [0.1, 0.15) is 16.1 Å². The highest BCUT2D eigenvalue weighted by Gasteiger charge is 2.11. The third-order valence-electron chi connectivity index (χ3n) is 2.49. The number of carbonyl (C=O) groups is 1. The van der Waals surface area contributed by atoms with Crippen molar-refractivity contribution in [1.29, 1.82) is 0 Å². The Bertz CT molecular complexity index is 649. The Morgan fingerprint density at radius 2 is 2.00 bits per heavy atom. The van der Waals surface area contributed by atoms with E-state index in [0.29, 0.717) is 4.73 Å². The molecule has 0 aliphatic carbocycles. The van der Waals surface area contributed by atoms with Crippen LogP contribution in [0, 0.1) is 0 Å². The molecule has 6 nitrogen and oxygen atoms in total. The van der Waals surface area contributed by atoms with Crippen LogP contribution in [0.5, 0.6) is 5.75 Å². The minimum absolute atomic E-state index is 0.0589. The first-order chi connectivity index (χ1) is 9.08. The monoisotopic (exact) mass is 260 g/mol. The molecule has 1 amide bonds. The van der Waals surface area contributed by atoms with Crippen LogP contribution in [-0.2, 0) is 6.61 Å². The topological polar surface area (TPSA) is 94.5 Å². The second-order valence-corrected chi connectivity index (χ2v) is 3.87. The van der Waals surface area contributed by atoms with E-state index >= 15 is 0 Å². The Labute approximate surface area is 108 Å². The van der Waals surface area contributed by atoms with Gasteiger partial charge in [0.05, 0.1) is 6.20 Å². The molecule has 0 unspecified atom stereocenters. The van der Waals surface area contributed by atoms with Crippen molar-refractivity contribution in [1.82, 2.24) is 4.73 Å². The summed E-state index contributed by atoms with van der Waals surface area (Å²) in [7, 11) is 0. The van der Waals surface area contributed by atoms with E-state index in [9.17, 15) is 14.8 Å². The Balaban J connectivity index is 2.20. The highest BCUT2D eigenvalue weighted by Crippen LogP contribution is 2.08. The average molecular weight is 260 g/mol. The van der Waals surface area contributed by atoms with Crippen LogP contribution in [0.2, 0.25) is 0 Å². The lowest BCUT2D eigenvalue weighted by Gasteiger charge is -2.08. The molecule has 0 atom stereocenters. The molecule has 1 aromatic carbocycles. The molecule has 3 N–H and O–H groups in total. The van der Waals surface area contributed by atoms with E-state index in [1.807, 2.05) is 30.3 Å². The number of nitrogens with two attached hydrogens (primary N) is 1. The van der Waals surface area contributed by atoms with Gasteiger partial charge in [0.1, 0.15) is 12.3 Å². The number of ether oxygens (including phenoxy) is 1. The molecule has 0 aliphatic rings. The quantitative estimate of drug-likeness (QED) is 0.793. The van der Waals surface area contributed by atoms with Gasteiger partial charge >= 0.3 is 0 Å². The summed E-state index contributed by atoms with van der Waals surface area (Å²) in [6.07, 6.45) is 1.02. The van der Waals surface area contributed by atoms with E-state index in [0.717, 1.165) is 17.8 Å². The van der Waals surface area contributed by atoms with Crippen molar-refractivity contribution < 1.29 is 14.7 Å². The van der Waals surface area contributed by atoms with Gasteiger partial charge in [0.2, 0.25) is 5.43 Å². The molecule has 0 radical (unpaired) electrons. The van der Waals surface area contributed by atoms with Gasteiger partial charge in [-0.2, -0.15) is 4.73 Å². The fourth-order valence-corrected chi connectivity index (χ4v) is 1.53. The number of primary amides is 1. The highest BCUT2D eigenvalue weighted by molar-refractivity contribution is 5.90. The van der Waals surface area contributed by atoms with Crippen molar-refractivity contribution in [3.05, 3.63) is 64.1 Å². The number of nitrogens with zero attached hydrogens (tertiary/aromatic N) is 1. The van der Waals surface area contributed by atoms with E-state index in [1.54, 1.807) is 0 Å². The normalized spacial score (nSPS) is 10.1.